The van der Waals surface area contributed by atoms with E-state index in [2.05, 4.69) is 5.32 Å². The Kier molecular flexibility index (Phi) is 15.4. The molecule has 0 bridgehead atoms. The maximum absolute atomic E-state index is 11.1. The zero-order valence-corrected chi connectivity index (χ0v) is 13.6. The van der Waals surface area contributed by atoms with Crippen molar-refractivity contribution in [3.63, 3.8) is 0 Å². The molecular formula is C16H29N3O2. The Bertz CT molecular complexity index is 403. The lowest BCUT2D eigenvalue weighted by molar-refractivity contribution is 0.101. The standard InChI is InChI=1S/C10H11NO2.C4H12N2.C2H6/c1-7(13)10-3-2-8(6-12)4-9(10)5-11;1-6-4-2-3-5;1-2/h2-4,6H,5,11H2,1H3;6H,2-5H2,1H3;1-2H3. The van der Waals surface area contributed by atoms with Gasteiger partial charge in [-0.25, -0.2) is 0 Å². The molecule has 0 heterocycles. The zero-order chi connectivity index (χ0) is 16.7. The lowest BCUT2D eigenvalue weighted by Gasteiger charge is -2.04. The van der Waals surface area contributed by atoms with Crippen LogP contribution in [0.3, 0.4) is 0 Å². The van der Waals surface area contributed by atoms with Crippen LogP contribution in [0, 0.1) is 0 Å². The monoisotopic (exact) mass is 295 g/mol. The van der Waals surface area contributed by atoms with Gasteiger partial charge < -0.3 is 16.8 Å². The van der Waals surface area contributed by atoms with Gasteiger partial charge in [-0.3, -0.25) is 9.59 Å². The second kappa shape index (κ2) is 14.8. The van der Waals surface area contributed by atoms with Gasteiger partial charge in [-0.15, -0.1) is 0 Å². The van der Waals surface area contributed by atoms with Crippen molar-refractivity contribution < 1.29 is 9.59 Å². The van der Waals surface area contributed by atoms with E-state index >= 15 is 0 Å². The van der Waals surface area contributed by atoms with E-state index in [1.54, 1.807) is 18.2 Å². The van der Waals surface area contributed by atoms with Gasteiger partial charge in [-0.05, 0) is 45.1 Å². The largest absolute Gasteiger partial charge is 0.330 e. The first-order valence-electron chi connectivity index (χ1n) is 7.24. The van der Waals surface area contributed by atoms with Crippen LogP contribution in [0.1, 0.15) is 53.5 Å². The van der Waals surface area contributed by atoms with Crippen LogP contribution in [-0.4, -0.2) is 32.2 Å². The second-order valence-electron chi connectivity index (χ2n) is 4.04. The summed E-state index contributed by atoms with van der Waals surface area (Å²) in [5.41, 5.74) is 12.5. The molecule has 0 aromatic heterocycles. The number of carbonyl (C=O) groups is 2. The molecule has 120 valence electrons. The first-order chi connectivity index (χ1) is 10.1. The van der Waals surface area contributed by atoms with Crippen molar-refractivity contribution in [2.45, 2.75) is 33.7 Å². The Morgan fingerprint density at radius 3 is 2.24 bits per heavy atom. The maximum Gasteiger partial charge on any atom is 0.160 e. The third kappa shape index (κ3) is 9.90. The zero-order valence-electron chi connectivity index (χ0n) is 13.6. The summed E-state index contributed by atoms with van der Waals surface area (Å²) in [7, 11) is 1.93. The summed E-state index contributed by atoms with van der Waals surface area (Å²) in [5.74, 6) is -0.0297. The molecule has 0 radical (unpaired) electrons. The molecule has 0 amide bonds. The predicted molar refractivity (Wildman–Crippen MR) is 88.7 cm³/mol. The molecule has 1 aromatic carbocycles. The van der Waals surface area contributed by atoms with Crippen LogP contribution >= 0.6 is 0 Å². The van der Waals surface area contributed by atoms with E-state index in [4.69, 9.17) is 11.5 Å². The molecule has 0 spiro atoms. The van der Waals surface area contributed by atoms with E-state index in [-0.39, 0.29) is 12.3 Å². The van der Waals surface area contributed by atoms with Gasteiger partial charge in [-0.2, -0.15) is 0 Å². The Labute approximate surface area is 128 Å². The second-order valence-corrected chi connectivity index (χ2v) is 4.04. The van der Waals surface area contributed by atoms with Gasteiger partial charge in [-0.1, -0.05) is 26.0 Å². The summed E-state index contributed by atoms with van der Waals surface area (Å²) in [6.45, 7) is 7.59. The molecule has 0 fully saturated rings. The first kappa shape index (κ1) is 21.7. The van der Waals surface area contributed by atoms with Gasteiger partial charge in [0.05, 0.1) is 0 Å². The molecule has 0 atom stereocenters. The van der Waals surface area contributed by atoms with Crippen molar-refractivity contribution in [1.82, 2.24) is 5.32 Å². The SMILES string of the molecule is CC.CC(=O)c1ccc(C=O)cc1CN.CNCCCN. The molecule has 0 aliphatic carbocycles. The van der Waals surface area contributed by atoms with Gasteiger partial charge in [0, 0.05) is 17.7 Å². The first-order valence-corrected chi connectivity index (χ1v) is 7.24. The fourth-order valence-electron chi connectivity index (χ4n) is 1.48. The fourth-order valence-corrected chi connectivity index (χ4v) is 1.48. The van der Waals surface area contributed by atoms with Crippen LogP contribution < -0.4 is 16.8 Å². The van der Waals surface area contributed by atoms with Crippen molar-refractivity contribution in [3.8, 4) is 0 Å². The van der Waals surface area contributed by atoms with Gasteiger partial charge in [0.15, 0.2) is 5.78 Å². The van der Waals surface area contributed by atoms with Crippen LogP contribution in [0.5, 0.6) is 0 Å². The summed E-state index contributed by atoms with van der Waals surface area (Å²) >= 11 is 0. The molecule has 0 aliphatic rings. The Hall–Kier alpha value is -1.56. The average molecular weight is 295 g/mol. The van der Waals surface area contributed by atoms with E-state index in [1.165, 1.54) is 6.92 Å². The van der Waals surface area contributed by atoms with E-state index < -0.39 is 0 Å². The number of hydrogen-bond donors (Lipinski definition) is 3. The molecule has 0 saturated carbocycles. The van der Waals surface area contributed by atoms with Crippen LogP contribution in [0.4, 0.5) is 0 Å². The molecule has 5 heteroatoms. The average Bonchev–Trinajstić information content (AvgIpc) is 2.54. The van der Waals surface area contributed by atoms with E-state index in [0.29, 0.717) is 11.1 Å². The van der Waals surface area contributed by atoms with Crippen LogP contribution in [0.15, 0.2) is 18.2 Å². The van der Waals surface area contributed by atoms with Crippen LogP contribution in [0.25, 0.3) is 0 Å². The van der Waals surface area contributed by atoms with Crippen molar-refractivity contribution in [1.29, 1.82) is 0 Å². The van der Waals surface area contributed by atoms with Gasteiger partial charge in [0.2, 0.25) is 0 Å². The van der Waals surface area contributed by atoms with Gasteiger partial charge in [0.25, 0.3) is 0 Å². The summed E-state index contributed by atoms with van der Waals surface area (Å²) in [6, 6.07) is 4.89. The Morgan fingerprint density at radius 2 is 1.90 bits per heavy atom. The number of aldehydes is 1. The quantitative estimate of drug-likeness (QED) is 0.422. The summed E-state index contributed by atoms with van der Waals surface area (Å²) in [6.07, 6.45) is 1.82. The minimum atomic E-state index is -0.0297. The Balaban J connectivity index is 0. The molecule has 1 aromatic rings. The lowest BCUT2D eigenvalue weighted by atomic mass is 10.0. The number of ketones is 1. The number of carbonyl (C=O) groups excluding carboxylic acids is 2. The van der Waals surface area contributed by atoms with Gasteiger partial charge >= 0.3 is 0 Å². The molecule has 0 aliphatic heterocycles. The minimum Gasteiger partial charge on any atom is -0.330 e. The predicted octanol–water partition coefficient (Wildman–Crippen LogP) is 1.74. The van der Waals surface area contributed by atoms with Crippen LogP contribution in [-0.2, 0) is 6.54 Å². The maximum atomic E-state index is 11.1. The number of Topliss-reactive ketones (excluding diaryl/α,β-unsaturated/α-hetero) is 1. The fraction of sp³-hybridized carbons (Fsp3) is 0.500. The topological polar surface area (TPSA) is 98.2 Å². The van der Waals surface area contributed by atoms with Crippen molar-refractivity contribution in [3.05, 3.63) is 34.9 Å². The molecule has 0 unspecified atom stereocenters. The molecule has 21 heavy (non-hydrogen) atoms. The van der Waals surface area contributed by atoms with E-state index in [9.17, 15) is 9.59 Å². The molecule has 0 saturated heterocycles. The highest BCUT2D eigenvalue weighted by Gasteiger charge is 2.05. The Morgan fingerprint density at radius 1 is 1.29 bits per heavy atom. The molecule has 5 N–H and O–H groups in total. The van der Waals surface area contributed by atoms with Crippen molar-refractivity contribution >= 4 is 12.1 Å². The van der Waals surface area contributed by atoms with Crippen molar-refractivity contribution in [2.75, 3.05) is 20.1 Å². The third-order valence-electron chi connectivity index (χ3n) is 2.50. The normalized spacial score (nSPS) is 8.86. The summed E-state index contributed by atoms with van der Waals surface area (Å²) in [5, 5.41) is 2.99. The number of benzene rings is 1. The molecular weight excluding hydrogens is 266 g/mol. The number of nitrogens with two attached hydrogens (primary N) is 2. The number of hydrogen-bond acceptors (Lipinski definition) is 5. The smallest absolute Gasteiger partial charge is 0.160 e. The third-order valence-corrected chi connectivity index (χ3v) is 2.50. The number of nitrogens with one attached hydrogen (secondary N) is 1. The van der Waals surface area contributed by atoms with E-state index in [1.807, 2.05) is 20.9 Å². The number of rotatable bonds is 6. The van der Waals surface area contributed by atoms with Crippen molar-refractivity contribution in [2.24, 2.45) is 11.5 Å². The summed E-state index contributed by atoms with van der Waals surface area (Å²) in [4.78, 5) is 21.5. The van der Waals surface area contributed by atoms with Crippen LogP contribution in [0.2, 0.25) is 0 Å². The minimum absolute atomic E-state index is 0.0297. The highest BCUT2D eigenvalue weighted by Crippen LogP contribution is 2.11. The van der Waals surface area contributed by atoms with Gasteiger partial charge in [0.1, 0.15) is 6.29 Å². The molecule has 1 rings (SSSR count). The highest BCUT2D eigenvalue weighted by atomic mass is 16.1. The molecule has 5 nitrogen and oxygen atoms in total. The van der Waals surface area contributed by atoms with E-state index in [0.717, 1.165) is 31.4 Å². The summed E-state index contributed by atoms with van der Waals surface area (Å²) < 4.78 is 0. The highest BCUT2D eigenvalue weighted by molar-refractivity contribution is 5.96. The lowest BCUT2D eigenvalue weighted by Crippen LogP contribution is -2.12.